The summed E-state index contributed by atoms with van der Waals surface area (Å²) < 4.78 is 1.22. The van der Waals surface area contributed by atoms with Gasteiger partial charge in [-0.2, -0.15) is 0 Å². The number of benzene rings is 2. The highest BCUT2D eigenvalue weighted by Gasteiger charge is 2.25. The maximum absolute atomic E-state index is 4.90. The van der Waals surface area contributed by atoms with Gasteiger partial charge in [0, 0.05) is 23.9 Å². The van der Waals surface area contributed by atoms with Crippen molar-refractivity contribution < 1.29 is 0 Å². The van der Waals surface area contributed by atoms with E-state index < -0.39 is 0 Å². The lowest BCUT2D eigenvalue weighted by atomic mass is 9.94. The summed E-state index contributed by atoms with van der Waals surface area (Å²) in [7, 11) is 0. The molecule has 0 amide bonds. The number of aromatic nitrogens is 1. The second-order valence-electron chi connectivity index (χ2n) is 7.51. The van der Waals surface area contributed by atoms with E-state index in [4.69, 9.17) is 4.99 Å². The van der Waals surface area contributed by atoms with Crippen LogP contribution in [0.15, 0.2) is 77.8 Å². The van der Waals surface area contributed by atoms with E-state index in [1.165, 1.54) is 10.3 Å². The van der Waals surface area contributed by atoms with Crippen molar-refractivity contribution in [2.24, 2.45) is 10.9 Å². The van der Waals surface area contributed by atoms with Crippen molar-refractivity contribution in [3.05, 3.63) is 78.4 Å². The van der Waals surface area contributed by atoms with E-state index in [0.29, 0.717) is 12.0 Å². The first-order valence-electron chi connectivity index (χ1n) is 10.3. The van der Waals surface area contributed by atoms with Crippen molar-refractivity contribution in [1.82, 2.24) is 4.98 Å². The van der Waals surface area contributed by atoms with Crippen molar-refractivity contribution in [2.75, 3.05) is 22.9 Å². The fourth-order valence-corrected chi connectivity index (χ4v) is 5.64. The SMILES string of the molecule is C1=CCC([C@H]2CSC(Nc3ccc(CCNc4nc5ccccc5s4)cc3)=N2)C=C1. The van der Waals surface area contributed by atoms with Crippen LogP contribution < -0.4 is 10.6 Å². The van der Waals surface area contributed by atoms with E-state index in [9.17, 15) is 0 Å². The minimum absolute atomic E-state index is 0.381. The molecule has 0 bridgehead atoms. The molecule has 1 unspecified atom stereocenters. The highest BCUT2D eigenvalue weighted by molar-refractivity contribution is 8.14. The molecule has 1 aliphatic heterocycles. The molecule has 4 nitrogen and oxygen atoms in total. The summed E-state index contributed by atoms with van der Waals surface area (Å²) in [6.07, 6.45) is 10.9. The summed E-state index contributed by atoms with van der Waals surface area (Å²) in [5, 5.41) is 8.96. The predicted molar refractivity (Wildman–Crippen MR) is 132 cm³/mol. The van der Waals surface area contributed by atoms with Gasteiger partial charge in [-0.1, -0.05) is 71.7 Å². The minimum atomic E-state index is 0.381. The average molecular weight is 433 g/mol. The van der Waals surface area contributed by atoms with Crippen LogP contribution in [0.25, 0.3) is 10.2 Å². The van der Waals surface area contributed by atoms with E-state index in [2.05, 4.69) is 82.4 Å². The molecule has 1 aliphatic carbocycles. The van der Waals surface area contributed by atoms with Crippen LogP contribution in [0.1, 0.15) is 12.0 Å². The van der Waals surface area contributed by atoms with Crippen molar-refractivity contribution in [3.63, 3.8) is 0 Å². The predicted octanol–water partition coefficient (Wildman–Crippen LogP) is 5.97. The molecule has 0 radical (unpaired) electrons. The summed E-state index contributed by atoms with van der Waals surface area (Å²) in [5.41, 5.74) is 3.47. The van der Waals surface area contributed by atoms with Gasteiger partial charge < -0.3 is 10.6 Å². The molecule has 0 spiro atoms. The summed E-state index contributed by atoms with van der Waals surface area (Å²) in [4.78, 5) is 9.53. The molecule has 6 heteroatoms. The Hall–Kier alpha value is -2.57. The molecular weight excluding hydrogens is 408 g/mol. The highest BCUT2D eigenvalue weighted by atomic mass is 32.2. The van der Waals surface area contributed by atoms with Crippen molar-refractivity contribution in [1.29, 1.82) is 0 Å². The van der Waals surface area contributed by atoms with Gasteiger partial charge in [0.2, 0.25) is 0 Å². The number of anilines is 2. The van der Waals surface area contributed by atoms with Gasteiger partial charge in [0.15, 0.2) is 10.3 Å². The zero-order chi connectivity index (χ0) is 20.2. The van der Waals surface area contributed by atoms with Gasteiger partial charge in [-0.15, -0.1) is 0 Å². The van der Waals surface area contributed by atoms with Gasteiger partial charge in [-0.05, 0) is 42.7 Å². The summed E-state index contributed by atoms with van der Waals surface area (Å²) in [6.45, 7) is 0.875. The number of rotatable bonds is 6. The largest absolute Gasteiger partial charge is 0.361 e. The lowest BCUT2D eigenvalue weighted by Gasteiger charge is -2.16. The molecule has 2 atom stereocenters. The summed E-state index contributed by atoms with van der Waals surface area (Å²) in [6, 6.07) is 17.3. The minimum Gasteiger partial charge on any atom is -0.361 e. The number of nitrogens with one attached hydrogen (secondary N) is 2. The first-order valence-corrected chi connectivity index (χ1v) is 12.1. The Balaban J connectivity index is 1.12. The number of hydrogen-bond donors (Lipinski definition) is 2. The molecule has 152 valence electrons. The van der Waals surface area contributed by atoms with Gasteiger partial charge in [0.05, 0.1) is 16.3 Å². The number of hydrogen-bond acceptors (Lipinski definition) is 6. The van der Waals surface area contributed by atoms with Crippen LogP contribution in [0.5, 0.6) is 0 Å². The third-order valence-electron chi connectivity index (χ3n) is 5.37. The van der Waals surface area contributed by atoms with Crippen LogP contribution in [0.3, 0.4) is 0 Å². The molecule has 2 aliphatic rings. The second kappa shape index (κ2) is 9.06. The van der Waals surface area contributed by atoms with E-state index >= 15 is 0 Å². The van der Waals surface area contributed by atoms with Crippen LogP contribution in [0.2, 0.25) is 0 Å². The lowest BCUT2D eigenvalue weighted by Crippen LogP contribution is -2.17. The highest BCUT2D eigenvalue weighted by Crippen LogP contribution is 2.29. The number of thioether (sulfide) groups is 1. The molecule has 0 fully saturated rings. The normalized spacial score (nSPS) is 20.5. The Morgan fingerprint density at radius 3 is 2.77 bits per heavy atom. The summed E-state index contributed by atoms with van der Waals surface area (Å²) in [5.74, 6) is 1.59. The Labute approximate surface area is 185 Å². The maximum atomic E-state index is 4.90. The molecule has 3 aromatic rings. The van der Waals surface area contributed by atoms with Crippen LogP contribution in [-0.4, -0.2) is 28.5 Å². The van der Waals surface area contributed by atoms with Gasteiger partial charge in [-0.25, -0.2) is 4.98 Å². The number of para-hydroxylation sites is 1. The van der Waals surface area contributed by atoms with Gasteiger partial charge in [0.1, 0.15) is 0 Å². The molecular formula is C24H24N4S2. The summed E-state index contributed by atoms with van der Waals surface area (Å²) >= 11 is 3.53. The first kappa shape index (κ1) is 19.4. The van der Waals surface area contributed by atoms with E-state index in [0.717, 1.165) is 46.6 Å². The van der Waals surface area contributed by atoms with Gasteiger partial charge in [-0.3, -0.25) is 4.99 Å². The topological polar surface area (TPSA) is 49.3 Å². The van der Waals surface area contributed by atoms with Crippen LogP contribution in [0, 0.1) is 5.92 Å². The first-order chi connectivity index (χ1) is 14.8. The maximum Gasteiger partial charge on any atom is 0.183 e. The lowest BCUT2D eigenvalue weighted by molar-refractivity contribution is 0.552. The van der Waals surface area contributed by atoms with E-state index in [1.54, 1.807) is 11.3 Å². The Bertz CT molecular complexity index is 1060. The van der Waals surface area contributed by atoms with Crippen molar-refractivity contribution in [2.45, 2.75) is 18.9 Å². The molecule has 2 aromatic carbocycles. The molecule has 30 heavy (non-hydrogen) atoms. The Kier molecular flexibility index (Phi) is 5.86. The molecule has 0 saturated heterocycles. The second-order valence-corrected chi connectivity index (χ2v) is 9.55. The van der Waals surface area contributed by atoms with Gasteiger partial charge >= 0.3 is 0 Å². The average Bonchev–Trinajstić information content (AvgIpc) is 3.42. The number of nitrogens with zero attached hydrogens (tertiary/aromatic N) is 2. The standard InChI is InChI=1S/C24H24N4S2/c1-2-6-18(7-3-1)21-16-29-24(28-21)26-19-12-10-17(11-13-19)14-15-25-23-27-20-8-4-5-9-22(20)30-23/h1-6,8-13,18,21H,7,14-16H2,(H,25,27)(H,26,28)/t18?,21-/m1/s1. The van der Waals surface area contributed by atoms with E-state index in [-0.39, 0.29) is 0 Å². The van der Waals surface area contributed by atoms with E-state index in [1.807, 2.05) is 17.8 Å². The third kappa shape index (κ3) is 4.60. The number of amidine groups is 1. The number of allylic oxidation sites excluding steroid dienone is 3. The molecule has 0 saturated carbocycles. The van der Waals surface area contributed by atoms with Gasteiger partial charge in [0.25, 0.3) is 0 Å². The molecule has 1 aromatic heterocycles. The Morgan fingerprint density at radius 1 is 1.03 bits per heavy atom. The Morgan fingerprint density at radius 2 is 1.93 bits per heavy atom. The fraction of sp³-hybridized carbons (Fsp3) is 0.250. The van der Waals surface area contributed by atoms with Crippen molar-refractivity contribution >= 4 is 49.3 Å². The van der Waals surface area contributed by atoms with Crippen molar-refractivity contribution in [3.8, 4) is 0 Å². The number of fused-ring (bicyclic) bond motifs is 1. The molecule has 2 N–H and O–H groups in total. The molecule has 5 rings (SSSR count). The smallest absolute Gasteiger partial charge is 0.183 e. The molecule has 2 heterocycles. The number of thiazole rings is 1. The zero-order valence-corrected chi connectivity index (χ0v) is 18.3. The number of aliphatic imine (C=N–C) groups is 1. The van der Waals surface area contributed by atoms with Crippen LogP contribution >= 0.6 is 23.1 Å². The third-order valence-corrected chi connectivity index (χ3v) is 7.35. The van der Waals surface area contributed by atoms with Crippen LogP contribution in [-0.2, 0) is 6.42 Å². The fourth-order valence-electron chi connectivity index (χ4n) is 3.70. The zero-order valence-electron chi connectivity index (χ0n) is 16.6. The quantitative estimate of drug-likeness (QED) is 0.504. The monoisotopic (exact) mass is 432 g/mol. The van der Waals surface area contributed by atoms with Crippen LogP contribution in [0.4, 0.5) is 10.8 Å².